The van der Waals surface area contributed by atoms with Crippen molar-refractivity contribution in [2.75, 3.05) is 5.75 Å². The zero-order valence-corrected chi connectivity index (χ0v) is 8.25. The Morgan fingerprint density at radius 2 is 2.15 bits per heavy atom. The van der Waals surface area contributed by atoms with Crippen molar-refractivity contribution in [3.8, 4) is 0 Å². The summed E-state index contributed by atoms with van der Waals surface area (Å²) in [5.41, 5.74) is 0. The molecule has 0 amide bonds. The summed E-state index contributed by atoms with van der Waals surface area (Å²) in [5, 5.41) is 0. The van der Waals surface area contributed by atoms with Crippen molar-refractivity contribution in [2.45, 2.75) is 17.9 Å². The Kier molecular flexibility index (Phi) is 4.30. The largest absolute Gasteiger partial charge is 0.235 e. The van der Waals surface area contributed by atoms with E-state index in [9.17, 15) is 4.79 Å². The minimum atomic E-state index is 0.0442. The summed E-state index contributed by atoms with van der Waals surface area (Å²) in [5.74, 6) is 0.819. The van der Waals surface area contributed by atoms with E-state index in [1.54, 1.807) is 17.8 Å². The van der Waals surface area contributed by atoms with Crippen molar-refractivity contribution in [2.24, 2.45) is 4.99 Å². The summed E-state index contributed by atoms with van der Waals surface area (Å²) in [4.78, 5) is 14.7. The van der Waals surface area contributed by atoms with E-state index >= 15 is 0 Å². The quantitative estimate of drug-likeness (QED) is 0.417. The SMILES string of the molecule is CC(CSc1ccccc1)N=C=O. The van der Waals surface area contributed by atoms with E-state index in [2.05, 4.69) is 4.99 Å². The number of rotatable bonds is 4. The zero-order chi connectivity index (χ0) is 9.52. The van der Waals surface area contributed by atoms with Crippen LogP contribution >= 0.6 is 11.8 Å². The molecule has 13 heavy (non-hydrogen) atoms. The summed E-state index contributed by atoms with van der Waals surface area (Å²) in [6, 6.07) is 10.1. The smallest absolute Gasteiger partial charge is 0.211 e. The fraction of sp³-hybridized carbons (Fsp3) is 0.300. The Bertz CT molecular complexity index is 293. The molecule has 0 spiro atoms. The molecule has 0 fully saturated rings. The Balaban J connectivity index is 2.39. The van der Waals surface area contributed by atoms with Crippen LogP contribution in [0, 0.1) is 0 Å². The summed E-state index contributed by atoms with van der Waals surface area (Å²) >= 11 is 1.70. The van der Waals surface area contributed by atoms with E-state index < -0.39 is 0 Å². The van der Waals surface area contributed by atoms with E-state index in [0.717, 1.165) is 5.75 Å². The van der Waals surface area contributed by atoms with Crippen molar-refractivity contribution < 1.29 is 4.79 Å². The minimum Gasteiger partial charge on any atom is -0.211 e. The maximum Gasteiger partial charge on any atom is 0.235 e. The van der Waals surface area contributed by atoms with Gasteiger partial charge >= 0.3 is 0 Å². The molecule has 0 aliphatic rings. The fourth-order valence-corrected chi connectivity index (χ4v) is 1.72. The third-order valence-corrected chi connectivity index (χ3v) is 2.76. The highest BCUT2D eigenvalue weighted by atomic mass is 32.2. The van der Waals surface area contributed by atoms with Gasteiger partial charge in [0.05, 0.1) is 6.04 Å². The van der Waals surface area contributed by atoms with Crippen molar-refractivity contribution in [3.05, 3.63) is 30.3 Å². The predicted molar refractivity (Wildman–Crippen MR) is 54.7 cm³/mol. The first kappa shape index (κ1) is 10.0. The lowest BCUT2D eigenvalue weighted by Gasteiger charge is -2.02. The third kappa shape index (κ3) is 3.92. The molecule has 68 valence electrons. The Morgan fingerprint density at radius 3 is 2.77 bits per heavy atom. The van der Waals surface area contributed by atoms with Gasteiger partial charge in [0.25, 0.3) is 0 Å². The van der Waals surface area contributed by atoms with Gasteiger partial charge in [-0.3, -0.25) is 0 Å². The van der Waals surface area contributed by atoms with E-state index in [1.165, 1.54) is 4.90 Å². The molecule has 0 bridgehead atoms. The molecule has 0 heterocycles. The van der Waals surface area contributed by atoms with Gasteiger partial charge in [-0.25, -0.2) is 9.79 Å². The third-order valence-electron chi connectivity index (χ3n) is 1.51. The van der Waals surface area contributed by atoms with Crippen LogP contribution in [0.5, 0.6) is 0 Å². The van der Waals surface area contributed by atoms with Gasteiger partial charge in [0.2, 0.25) is 6.08 Å². The normalized spacial score (nSPS) is 11.8. The first-order valence-corrected chi connectivity index (χ1v) is 5.06. The second kappa shape index (κ2) is 5.57. The molecule has 3 heteroatoms. The van der Waals surface area contributed by atoms with Gasteiger partial charge in [-0.1, -0.05) is 18.2 Å². The first-order valence-electron chi connectivity index (χ1n) is 4.08. The lowest BCUT2D eigenvalue weighted by atomic mass is 10.4. The first-order chi connectivity index (χ1) is 6.33. The molecular formula is C10H11NOS. The minimum absolute atomic E-state index is 0.0442. The number of hydrogen-bond donors (Lipinski definition) is 0. The lowest BCUT2D eigenvalue weighted by Crippen LogP contribution is -2.00. The van der Waals surface area contributed by atoms with Gasteiger partial charge in [-0.2, -0.15) is 0 Å². The molecule has 0 aliphatic carbocycles. The van der Waals surface area contributed by atoms with E-state index in [4.69, 9.17) is 0 Å². The number of nitrogens with zero attached hydrogens (tertiary/aromatic N) is 1. The van der Waals surface area contributed by atoms with Gasteiger partial charge in [0, 0.05) is 10.6 Å². The molecule has 1 atom stereocenters. The van der Waals surface area contributed by atoms with Crippen molar-refractivity contribution in [3.63, 3.8) is 0 Å². The molecule has 1 rings (SSSR count). The van der Waals surface area contributed by atoms with E-state index in [1.807, 2.05) is 37.3 Å². The molecule has 1 aromatic rings. The molecule has 2 nitrogen and oxygen atoms in total. The van der Waals surface area contributed by atoms with Gasteiger partial charge in [0.1, 0.15) is 0 Å². The average Bonchev–Trinajstić information content (AvgIpc) is 2.17. The van der Waals surface area contributed by atoms with Gasteiger partial charge in [0.15, 0.2) is 0 Å². The monoisotopic (exact) mass is 193 g/mol. The van der Waals surface area contributed by atoms with Crippen LogP contribution in [-0.2, 0) is 4.79 Å². The molecule has 0 N–H and O–H groups in total. The number of benzene rings is 1. The zero-order valence-electron chi connectivity index (χ0n) is 7.43. The molecule has 0 saturated carbocycles. The van der Waals surface area contributed by atoms with Crippen LogP contribution in [0.2, 0.25) is 0 Å². The molecule has 0 saturated heterocycles. The second-order valence-corrected chi connectivity index (χ2v) is 3.79. The highest BCUT2D eigenvalue weighted by molar-refractivity contribution is 7.99. The van der Waals surface area contributed by atoms with Crippen LogP contribution in [-0.4, -0.2) is 17.9 Å². The maximum absolute atomic E-state index is 9.93. The number of aliphatic imine (C=N–C) groups is 1. The van der Waals surface area contributed by atoms with Crippen LogP contribution in [0.3, 0.4) is 0 Å². The van der Waals surface area contributed by atoms with Gasteiger partial charge in [-0.15, -0.1) is 11.8 Å². The van der Waals surface area contributed by atoms with Crippen molar-refractivity contribution >= 4 is 17.8 Å². The Morgan fingerprint density at radius 1 is 1.46 bits per heavy atom. The molecule has 0 radical (unpaired) electrons. The molecular weight excluding hydrogens is 182 g/mol. The van der Waals surface area contributed by atoms with Gasteiger partial charge < -0.3 is 0 Å². The fourth-order valence-electron chi connectivity index (χ4n) is 0.861. The van der Waals surface area contributed by atoms with Crippen LogP contribution in [0.4, 0.5) is 0 Å². The Hall–Kier alpha value is -1.05. The van der Waals surface area contributed by atoms with E-state index in [0.29, 0.717) is 0 Å². The summed E-state index contributed by atoms with van der Waals surface area (Å²) in [6.07, 6.45) is 1.57. The predicted octanol–water partition coefficient (Wildman–Crippen LogP) is 2.50. The van der Waals surface area contributed by atoms with Crippen LogP contribution in [0.15, 0.2) is 40.2 Å². The summed E-state index contributed by atoms with van der Waals surface area (Å²) in [6.45, 7) is 1.90. The number of isocyanates is 1. The molecule has 0 aromatic heterocycles. The van der Waals surface area contributed by atoms with E-state index in [-0.39, 0.29) is 6.04 Å². The molecule has 0 aliphatic heterocycles. The van der Waals surface area contributed by atoms with Gasteiger partial charge in [-0.05, 0) is 19.1 Å². The Labute approximate surface area is 82.1 Å². The highest BCUT2D eigenvalue weighted by Crippen LogP contribution is 2.18. The summed E-state index contributed by atoms with van der Waals surface area (Å²) < 4.78 is 0. The average molecular weight is 193 g/mol. The van der Waals surface area contributed by atoms with Crippen molar-refractivity contribution in [1.29, 1.82) is 0 Å². The second-order valence-electron chi connectivity index (χ2n) is 2.69. The number of carbonyl (C=O) groups excluding carboxylic acids is 1. The van der Waals surface area contributed by atoms with Crippen LogP contribution < -0.4 is 0 Å². The standard InChI is InChI=1S/C10H11NOS/c1-9(11-8-12)7-13-10-5-3-2-4-6-10/h2-6,9H,7H2,1H3. The number of thioether (sulfide) groups is 1. The lowest BCUT2D eigenvalue weighted by molar-refractivity contribution is 0.560. The molecule has 1 unspecified atom stereocenters. The van der Waals surface area contributed by atoms with Crippen LogP contribution in [0.1, 0.15) is 6.92 Å². The maximum atomic E-state index is 9.93. The summed E-state index contributed by atoms with van der Waals surface area (Å²) in [7, 11) is 0. The van der Waals surface area contributed by atoms with Crippen LogP contribution in [0.25, 0.3) is 0 Å². The number of hydrogen-bond acceptors (Lipinski definition) is 3. The van der Waals surface area contributed by atoms with Crippen molar-refractivity contribution in [1.82, 2.24) is 0 Å². The molecule has 1 aromatic carbocycles. The highest BCUT2D eigenvalue weighted by Gasteiger charge is 1.99. The topological polar surface area (TPSA) is 29.4 Å².